The Labute approximate surface area is 131 Å². The Hall–Kier alpha value is -1.63. The number of ether oxygens (including phenoxy) is 1. The Kier molecular flexibility index (Phi) is 4.61. The van der Waals surface area contributed by atoms with Crippen LogP contribution in [0.1, 0.15) is 44.3 Å². The molecule has 1 fully saturated rings. The molecule has 3 heterocycles. The lowest BCUT2D eigenvalue weighted by Gasteiger charge is -2.24. The Morgan fingerprint density at radius 2 is 2.23 bits per heavy atom. The molecular weight excluding hydrogens is 280 g/mol. The maximum absolute atomic E-state index is 5.79. The number of aliphatic imine (C=N–C) groups is 1. The number of rotatable bonds is 4. The van der Waals surface area contributed by atoms with Gasteiger partial charge in [0.05, 0.1) is 12.1 Å². The lowest BCUT2D eigenvalue weighted by atomic mass is 10.0. The zero-order chi connectivity index (χ0) is 15.4. The van der Waals surface area contributed by atoms with Crippen LogP contribution in [0.15, 0.2) is 4.99 Å². The molecule has 22 heavy (non-hydrogen) atoms. The highest BCUT2D eigenvalue weighted by atomic mass is 16.5. The molecule has 7 nitrogen and oxygen atoms in total. The lowest BCUT2D eigenvalue weighted by molar-refractivity contribution is 0.0243. The van der Waals surface area contributed by atoms with E-state index in [0.717, 1.165) is 56.6 Å². The van der Waals surface area contributed by atoms with Gasteiger partial charge in [-0.2, -0.15) is 0 Å². The van der Waals surface area contributed by atoms with Gasteiger partial charge in [-0.15, -0.1) is 10.2 Å². The minimum Gasteiger partial charge on any atom is -0.373 e. The molecule has 7 heteroatoms. The molecule has 2 N–H and O–H groups in total. The summed E-state index contributed by atoms with van der Waals surface area (Å²) in [6, 6.07) is 0. The molecule has 0 aromatic carbocycles. The first-order valence-corrected chi connectivity index (χ1v) is 8.20. The summed E-state index contributed by atoms with van der Waals surface area (Å²) in [4.78, 5) is 4.27. The average Bonchev–Trinajstić information content (AvgIpc) is 3.15. The highest BCUT2D eigenvalue weighted by Crippen LogP contribution is 2.23. The van der Waals surface area contributed by atoms with Crippen molar-refractivity contribution in [3.63, 3.8) is 0 Å². The van der Waals surface area contributed by atoms with Crippen LogP contribution in [0.5, 0.6) is 0 Å². The predicted molar refractivity (Wildman–Crippen MR) is 84.8 cm³/mol. The molecule has 1 aromatic heterocycles. The van der Waals surface area contributed by atoms with Crippen LogP contribution in [-0.4, -0.2) is 46.5 Å². The number of hydrogen-bond donors (Lipinski definition) is 2. The lowest BCUT2D eigenvalue weighted by Crippen LogP contribution is -2.45. The van der Waals surface area contributed by atoms with E-state index < -0.39 is 0 Å². The second-order valence-corrected chi connectivity index (χ2v) is 6.32. The number of nitrogens with one attached hydrogen (secondary N) is 2. The summed E-state index contributed by atoms with van der Waals surface area (Å²) in [6.45, 7) is 5.44. The van der Waals surface area contributed by atoms with E-state index in [2.05, 4.69) is 37.3 Å². The van der Waals surface area contributed by atoms with E-state index in [0.29, 0.717) is 6.54 Å². The topological polar surface area (TPSA) is 76.4 Å². The van der Waals surface area contributed by atoms with Crippen LogP contribution < -0.4 is 10.6 Å². The number of hydrogen-bond acceptors (Lipinski definition) is 4. The third-order valence-corrected chi connectivity index (χ3v) is 4.50. The van der Waals surface area contributed by atoms with Crippen LogP contribution in [-0.2, 0) is 24.2 Å². The van der Waals surface area contributed by atoms with Gasteiger partial charge in [-0.25, -0.2) is 0 Å². The maximum atomic E-state index is 5.79. The van der Waals surface area contributed by atoms with Gasteiger partial charge in [0.2, 0.25) is 0 Å². The van der Waals surface area contributed by atoms with Gasteiger partial charge in [0.15, 0.2) is 11.8 Å². The van der Waals surface area contributed by atoms with Crippen LogP contribution >= 0.6 is 0 Å². The number of guanidine groups is 1. The van der Waals surface area contributed by atoms with Gasteiger partial charge in [0.1, 0.15) is 5.82 Å². The number of aromatic nitrogens is 3. The van der Waals surface area contributed by atoms with E-state index in [9.17, 15) is 0 Å². The molecule has 1 atom stereocenters. The second kappa shape index (κ2) is 6.64. The Bertz CT molecular complexity index is 532. The van der Waals surface area contributed by atoms with E-state index in [-0.39, 0.29) is 5.60 Å². The van der Waals surface area contributed by atoms with Crippen LogP contribution in [0.3, 0.4) is 0 Å². The van der Waals surface area contributed by atoms with Crippen LogP contribution in [0.25, 0.3) is 0 Å². The molecule has 0 spiro atoms. The molecule has 2 aliphatic rings. The SMILES string of the molecule is CN=C(NCc1nnc2n1CCCC2)NCC1(C)CCCO1. The van der Waals surface area contributed by atoms with E-state index in [4.69, 9.17) is 4.74 Å². The van der Waals surface area contributed by atoms with Gasteiger partial charge in [-0.3, -0.25) is 4.99 Å². The molecule has 3 rings (SSSR count). The predicted octanol–water partition coefficient (Wildman–Crippen LogP) is 0.848. The molecule has 0 bridgehead atoms. The largest absolute Gasteiger partial charge is 0.373 e. The van der Waals surface area contributed by atoms with Crippen molar-refractivity contribution in [1.29, 1.82) is 0 Å². The molecule has 1 unspecified atom stereocenters. The molecule has 1 saturated heterocycles. The normalized spacial score (nSPS) is 25.1. The van der Waals surface area contributed by atoms with Gasteiger partial charge in [-0.1, -0.05) is 0 Å². The number of nitrogens with zero attached hydrogens (tertiary/aromatic N) is 4. The number of fused-ring (bicyclic) bond motifs is 1. The summed E-state index contributed by atoms with van der Waals surface area (Å²) < 4.78 is 8.02. The summed E-state index contributed by atoms with van der Waals surface area (Å²) in [5.74, 6) is 2.88. The van der Waals surface area contributed by atoms with Gasteiger partial charge >= 0.3 is 0 Å². The van der Waals surface area contributed by atoms with E-state index >= 15 is 0 Å². The fourth-order valence-corrected chi connectivity index (χ4v) is 3.13. The molecule has 0 saturated carbocycles. The molecule has 0 amide bonds. The summed E-state index contributed by atoms with van der Waals surface area (Å²) in [7, 11) is 1.78. The third-order valence-electron chi connectivity index (χ3n) is 4.50. The third kappa shape index (κ3) is 3.40. The van der Waals surface area contributed by atoms with Crippen molar-refractivity contribution in [3.8, 4) is 0 Å². The first kappa shape index (κ1) is 15.3. The standard InChI is InChI=1S/C15H26N6O/c1-15(7-5-9-22-15)11-18-14(16-2)17-10-13-20-19-12-6-3-4-8-21(12)13/h3-11H2,1-2H3,(H2,16,17,18). The fourth-order valence-electron chi connectivity index (χ4n) is 3.13. The zero-order valence-corrected chi connectivity index (χ0v) is 13.6. The highest BCUT2D eigenvalue weighted by Gasteiger charge is 2.29. The minimum absolute atomic E-state index is 0.0777. The molecule has 0 aliphatic carbocycles. The fraction of sp³-hybridized carbons (Fsp3) is 0.800. The quantitative estimate of drug-likeness (QED) is 0.637. The van der Waals surface area contributed by atoms with Gasteiger partial charge in [-0.05, 0) is 32.6 Å². The van der Waals surface area contributed by atoms with Crippen molar-refractivity contribution >= 4 is 5.96 Å². The van der Waals surface area contributed by atoms with Crippen molar-refractivity contribution in [3.05, 3.63) is 11.6 Å². The maximum Gasteiger partial charge on any atom is 0.191 e. The second-order valence-electron chi connectivity index (χ2n) is 6.32. The molecule has 0 radical (unpaired) electrons. The van der Waals surface area contributed by atoms with Crippen LogP contribution in [0.2, 0.25) is 0 Å². The summed E-state index contributed by atoms with van der Waals surface area (Å²) >= 11 is 0. The Balaban J connectivity index is 1.52. The number of aryl methyl sites for hydroxylation is 1. The van der Waals surface area contributed by atoms with E-state index in [1.54, 1.807) is 7.05 Å². The molecular formula is C15H26N6O. The van der Waals surface area contributed by atoms with Gasteiger partial charge in [0.25, 0.3) is 0 Å². The van der Waals surface area contributed by atoms with Crippen molar-refractivity contribution in [1.82, 2.24) is 25.4 Å². The molecule has 2 aliphatic heterocycles. The Morgan fingerprint density at radius 1 is 1.32 bits per heavy atom. The van der Waals surface area contributed by atoms with Crippen LogP contribution in [0, 0.1) is 0 Å². The van der Waals surface area contributed by atoms with Gasteiger partial charge in [0, 0.05) is 33.2 Å². The van der Waals surface area contributed by atoms with Crippen molar-refractivity contribution in [2.45, 2.75) is 57.7 Å². The van der Waals surface area contributed by atoms with Crippen molar-refractivity contribution in [2.24, 2.45) is 4.99 Å². The average molecular weight is 306 g/mol. The first-order valence-electron chi connectivity index (χ1n) is 8.20. The Morgan fingerprint density at radius 3 is 3.00 bits per heavy atom. The minimum atomic E-state index is -0.0777. The molecule has 1 aromatic rings. The zero-order valence-electron chi connectivity index (χ0n) is 13.6. The first-order chi connectivity index (χ1) is 10.7. The van der Waals surface area contributed by atoms with Crippen LogP contribution in [0.4, 0.5) is 0 Å². The summed E-state index contributed by atoms with van der Waals surface area (Å²) in [6.07, 6.45) is 5.69. The summed E-state index contributed by atoms with van der Waals surface area (Å²) in [5.41, 5.74) is -0.0777. The molecule has 122 valence electrons. The highest BCUT2D eigenvalue weighted by molar-refractivity contribution is 5.79. The van der Waals surface area contributed by atoms with Crippen molar-refractivity contribution in [2.75, 3.05) is 20.2 Å². The van der Waals surface area contributed by atoms with Gasteiger partial charge < -0.3 is 19.9 Å². The smallest absolute Gasteiger partial charge is 0.191 e. The monoisotopic (exact) mass is 306 g/mol. The van der Waals surface area contributed by atoms with Crippen molar-refractivity contribution < 1.29 is 4.74 Å². The summed E-state index contributed by atoms with van der Waals surface area (Å²) in [5, 5.41) is 15.2. The van der Waals surface area contributed by atoms with E-state index in [1.165, 1.54) is 12.8 Å². The van der Waals surface area contributed by atoms with E-state index in [1.807, 2.05) is 0 Å².